The highest BCUT2D eigenvalue weighted by atomic mass is 16.1. The molecule has 0 saturated heterocycles. The van der Waals surface area contributed by atoms with Crippen LogP contribution in [0.15, 0.2) is 12.1 Å². The van der Waals surface area contributed by atoms with Gasteiger partial charge in [-0.2, -0.15) is 0 Å². The zero-order valence-corrected chi connectivity index (χ0v) is 11.9. The third kappa shape index (κ3) is 2.89. The lowest BCUT2D eigenvalue weighted by Gasteiger charge is -2.24. The summed E-state index contributed by atoms with van der Waals surface area (Å²) in [5.41, 5.74) is 9.92. The van der Waals surface area contributed by atoms with Crippen LogP contribution in [-0.2, 0) is 11.2 Å². The van der Waals surface area contributed by atoms with Gasteiger partial charge in [0.15, 0.2) is 0 Å². The van der Waals surface area contributed by atoms with E-state index in [0.717, 1.165) is 41.5 Å². The summed E-state index contributed by atoms with van der Waals surface area (Å²) in [4.78, 5) is 11.5. The number of amides is 1. The molecule has 4 N–H and O–H groups in total. The number of nitrogens with two attached hydrogens (primary N) is 1. The summed E-state index contributed by atoms with van der Waals surface area (Å²) in [6, 6.07) is 3.99. The Balaban J connectivity index is 1.69. The number of carbonyl (C=O) groups is 1. The number of anilines is 3. The molecule has 0 spiro atoms. The SMILES string of the molecule is Nc1cc2c(cc1NCC1CCCCC1)NC(=O)CC2. The Bertz CT molecular complexity index is 507. The number of fused-ring (bicyclic) bond motifs is 1. The van der Waals surface area contributed by atoms with Crippen LogP contribution < -0.4 is 16.4 Å². The van der Waals surface area contributed by atoms with Crippen LogP contribution >= 0.6 is 0 Å². The summed E-state index contributed by atoms with van der Waals surface area (Å²) in [5.74, 6) is 0.856. The lowest BCUT2D eigenvalue weighted by Crippen LogP contribution is -2.21. The number of nitrogens with one attached hydrogen (secondary N) is 2. The van der Waals surface area contributed by atoms with Gasteiger partial charge in [0.25, 0.3) is 0 Å². The summed E-state index contributed by atoms with van der Waals surface area (Å²) in [7, 11) is 0. The second kappa shape index (κ2) is 5.73. The summed E-state index contributed by atoms with van der Waals surface area (Å²) < 4.78 is 0. The third-order valence-electron chi connectivity index (χ3n) is 4.48. The molecule has 0 bridgehead atoms. The van der Waals surface area contributed by atoms with E-state index >= 15 is 0 Å². The fourth-order valence-electron chi connectivity index (χ4n) is 3.25. The van der Waals surface area contributed by atoms with Gasteiger partial charge in [0, 0.05) is 18.7 Å². The van der Waals surface area contributed by atoms with Crippen LogP contribution in [0.1, 0.15) is 44.1 Å². The Kier molecular flexibility index (Phi) is 3.81. The summed E-state index contributed by atoms with van der Waals surface area (Å²) in [5, 5.41) is 6.40. The van der Waals surface area contributed by atoms with Crippen molar-refractivity contribution >= 4 is 23.0 Å². The molecule has 4 heteroatoms. The molecular formula is C16H23N3O. The van der Waals surface area contributed by atoms with Crippen molar-refractivity contribution in [2.75, 3.05) is 22.9 Å². The predicted molar refractivity (Wildman–Crippen MR) is 82.9 cm³/mol. The molecule has 1 fully saturated rings. The largest absolute Gasteiger partial charge is 0.397 e. The quantitative estimate of drug-likeness (QED) is 0.741. The zero-order chi connectivity index (χ0) is 13.9. The van der Waals surface area contributed by atoms with Crippen LogP contribution in [0.5, 0.6) is 0 Å². The molecule has 20 heavy (non-hydrogen) atoms. The van der Waals surface area contributed by atoms with Crippen LogP contribution in [-0.4, -0.2) is 12.5 Å². The van der Waals surface area contributed by atoms with Crippen LogP contribution in [0.3, 0.4) is 0 Å². The fraction of sp³-hybridized carbons (Fsp3) is 0.562. The van der Waals surface area contributed by atoms with Crippen molar-refractivity contribution in [2.24, 2.45) is 5.92 Å². The molecule has 0 aromatic heterocycles. The first-order valence-electron chi connectivity index (χ1n) is 7.68. The summed E-state index contributed by atoms with van der Waals surface area (Å²) in [6.07, 6.45) is 8.05. The molecule has 1 amide bonds. The van der Waals surface area contributed by atoms with E-state index in [2.05, 4.69) is 10.6 Å². The molecule has 1 aromatic carbocycles. The van der Waals surface area contributed by atoms with E-state index in [-0.39, 0.29) is 5.91 Å². The first-order valence-corrected chi connectivity index (χ1v) is 7.68. The van der Waals surface area contributed by atoms with Gasteiger partial charge in [-0.3, -0.25) is 4.79 Å². The fourth-order valence-corrected chi connectivity index (χ4v) is 3.25. The molecule has 0 unspecified atom stereocenters. The predicted octanol–water partition coefficient (Wildman–Crippen LogP) is 3.15. The normalized spacial score (nSPS) is 19.3. The number of hydrogen-bond donors (Lipinski definition) is 3. The highest BCUT2D eigenvalue weighted by Crippen LogP contribution is 2.32. The van der Waals surface area contributed by atoms with Crippen LogP contribution in [0.4, 0.5) is 17.1 Å². The smallest absolute Gasteiger partial charge is 0.224 e. The second-order valence-corrected chi connectivity index (χ2v) is 6.03. The maximum Gasteiger partial charge on any atom is 0.224 e. The lowest BCUT2D eigenvalue weighted by atomic mass is 9.89. The van der Waals surface area contributed by atoms with Crippen molar-refractivity contribution in [1.29, 1.82) is 0 Å². The number of carbonyl (C=O) groups excluding carboxylic acids is 1. The zero-order valence-electron chi connectivity index (χ0n) is 11.9. The van der Waals surface area contributed by atoms with Crippen LogP contribution in [0.2, 0.25) is 0 Å². The van der Waals surface area contributed by atoms with E-state index in [9.17, 15) is 4.79 Å². The van der Waals surface area contributed by atoms with Gasteiger partial charge in [-0.05, 0) is 42.9 Å². The minimum atomic E-state index is 0.0977. The lowest BCUT2D eigenvalue weighted by molar-refractivity contribution is -0.116. The van der Waals surface area contributed by atoms with Gasteiger partial charge in [-0.1, -0.05) is 19.3 Å². The average molecular weight is 273 g/mol. The van der Waals surface area contributed by atoms with Crippen molar-refractivity contribution in [1.82, 2.24) is 0 Å². The van der Waals surface area contributed by atoms with Gasteiger partial charge in [0.2, 0.25) is 5.91 Å². The van der Waals surface area contributed by atoms with Gasteiger partial charge in [-0.25, -0.2) is 0 Å². The van der Waals surface area contributed by atoms with Gasteiger partial charge < -0.3 is 16.4 Å². The molecule has 0 radical (unpaired) electrons. The monoisotopic (exact) mass is 273 g/mol. The summed E-state index contributed by atoms with van der Waals surface area (Å²) in [6.45, 7) is 0.983. The van der Waals surface area contributed by atoms with E-state index in [1.165, 1.54) is 32.1 Å². The van der Waals surface area contributed by atoms with Gasteiger partial charge in [-0.15, -0.1) is 0 Å². The molecule has 0 atom stereocenters. The molecule has 108 valence electrons. The van der Waals surface area contributed by atoms with E-state index in [0.29, 0.717) is 6.42 Å². The molecule has 3 rings (SSSR count). The van der Waals surface area contributed by atoms with E-state index in [1.807, 2.05) is 12.1 Å². The molecule has 1 aromatic rings. The molecule has 2 aliphatic rings. The van der Waals surface area contributed by atoms with Crippen molar-refractivity contribution < 1.29 is 4.79 Å². The second-order valence-electron chi connectivity index (χ2n) is 6.03. The van der Waals surface area contributed by atoms with Crippen molar-refractivity contribution in [3.8, 4) is 0 Å². The van der Waals surface area contributed by atoms with Crippen LogP contribution in [0.25, 0.3) is 0 Å². The maximum absolute atomic E-state index is 11.5. The number of aryl methyl sites for hydroxylation is 1. The standard InChI is InChI=1S/C16H23N3O/c17-13-8-12-6-7-16(20)19-14(12)9-15(13)18-10-11-4-2-1-3-5-11/h8-9,11,18H,1-7,10,17H2,(H,19,20). The Labute approximate surface area is 120 Å². The summed E-state index contributed by atoms with van der Waals surface area (Å²) >= 11 is 0. The van der Waals surface area contributed by atoms with Gasteiger partial charge >= 0.3 is 0 Å². The molecular weight excluding hydrogens is 250 g/mol. The topological polar surface area (TPSA) is 67.2 Å². The molecule has 1 saturated carbocycles. The molecule has 1 aliphatic heterocycles. The number of nitrogen functional groups attached to an aromatic ring is 1. The number of hydrogen-bond acceptors (Lipinski definition) is 3. The Morgan fingerprint density at radius 1 is 1.20 bits per heavy atom. The van der Waals surface area contributed by atoms with Crippen molar-refractivity contribution in [2.45, 2.75) is 44.9 Å². The Morgan fingerprint density at radius 2 is 2.00 bits per heavy atom. The molecule has 4 nitrogen and oxygen atoms in total. The van der Waals surface area contributed by atoms with E-state index in [1.54, 1.807) is 0 Å². The number of rotatable bonds is 3. The van der Waals surface area contributed by atoms with Crippen LogP contribution in [0, 0.1) is 5.92 Å². The van der Waals surface area contributed by atoms with E-state index < -0.39 is 0 Å². The highest BCUT2D eigenvalue weighted by molar-refractivity contribution is 5.95. The first kappa shape index (κ1) is 13.3. The number of benzene rings is 1. The highest BCUT2D eigenvalue weighted by Gasteiger charge is 2.18. The first-order chi connectivity index (χ1) is 9.72. The Morgan fingerprint density at radius 3 is 2.80 bits per heavy atom. The minimum absolute atomic E-state index is 0.0977. The van der Waals surface area contributed by atoms with Crippen molar-refractivity contribution in [3.63, 3.8) is 0 Å². The average Bonchev–Trinajstić information content (AvgIpc) is 2.46. The van der Waals surface area contributed by atoms with Crippen molar-refractivity contribution in [3.05, 3.63) is 17.7 Å². The molecule has 1 heterocycles. The minimum Gasteiger partial charge on any atom is -0.397 e. The van der Waals surface area contributed by atoms with Gasteiger partial charge in [0.1, 0.15) is 0 Å². The Hall–Kier alpha value is -1.71. The third-order valence-corrected chi connectivity index (χ3v) is 4.48. The molecule has 1 aliphatic carbocycles. The van der Waals surface area contributed by atoms with Gasteiger partial charge in [0.05, 0.1) is 11.4 Å². The van der Waals surface area contributed by atoms with E-state index in [4.69, 9.17) is 5.73 Å². The maximum atomic E-state index is 11.5.